The average molecular weight is 338 g/mol. The lowest BCUT2D eigenvalue weighted by Gasteiger charge is -2.22. The molecule has 0 aliphatic heterocycles. The van der Waals surface area contributed by atoms with Crippen LogP contribution in [0.2, 0.25) is 0 Å². The van der Waals surface area contributed by atoms with E-state index >= 15 is 0 Å². The van der Waals surface area contributed by atoms with Gasteiger partial charge in [-0.25, -0.2) is 4.98 Å². The number of aliphatic carboxylic acids is 1. The normalized spacial score (nSPS) is 22.4. The zero-order valence-corrected chi connectivity index (χ0v) is 14.9. The van der Waals surface area contributed by atoms with E-state index in [9.17, 15) is 14.7 Å². The van der Waals surface area contributed by atoms with Gasteiger partial charge in [0.2, 0.25) is 5.91 Å². The Morgan fingerprint density at radius 2 is 2.00 bits per heavy atom. The van der Waals surface area contributed by atoms with Crippen molar-refractivity contribution in [2.24, 2.45) is 5.92 Å². The molecule has 6 heteroatoms. The van der Waals surface area contributed by atoms with Crippen LogP contribution in [0.1, 0.15) is 63.6 Å². The Morgan fingerprint density at radius 3 is 2.61 bits per heavy atom. The Balaban J connectivity index is 1.97. The summed E-state index contributed by atoms with van der Waals surface area (Å²) in [6.45, 7) is 6.29. The largest absolute Gasteiger partial charge is 0.481 e. The van der Waals surface area contributed by atoms with Crippen LogP contribution in [0.15, 0.2) is 5.38 Å². The Bertz CT molecular complexity index is 562. The summed E-state index contributed by atoms with van der Waals surface area (Å²) in [7, 11) is 0. The lowest BCUT2D eigenvalue weighted by Crippen LogP contribution is -2.43. The van der Waals surface area contributed by atoms with Gasteiger partial charge >= 0.3 is 5.97 Å². The first-order valence-electron chi connectivity index (χ1n) is 8.24. The van der Waals surface area contributed by atoms with E-state index in [1.165, 1.54) is 0 Å². The number of rotatable bonds is 4. The maximum Gasteiger partial charge on any atom is 0.308 e. The molecule has 1 fully saturated rings. The molecule has 2 rings (SSSR count). The standard InChI is InChI=1S/C17H26N2O3S/c1-17(2,3)16-18-11(10-23-16)9-14(20)19-13-8-6-4-5-7-12(13)15(21)22/h10,12-13H,4-9H2,1-3H3,(H,19,20)(H,21,22)/t12-,13+/m1/s1. The topological polar surface area (TPSA) is 79.3 Å². The minimum atomic E-state index is -0.805. The molecule has 1 aliphatic carbocycles. The van der Waals surface area contributed by atoms with Crippen LogP contribution >= 0.6 is 11.3 Å². The maximum atomic E-state index is 12.3. The van der Waals surface area contributed by atoms with Crippen LogP contribution < -0.4 is 5.32 Å². The number of carbonyl (C=O) groups excluding carboxylic acids is 1. The third-order valence-corrected chi connectivity index (χ3v) is 5.53. The van der Waals surface area contributed by atoms with Crippen LogP contribution in [0, 0.1) is 5.92 Å². The minimum absolute atomic E-state index is 0.0188. The zero-order valence-electron chi connectivity index (χ0n) is 14.1. The summed E-state index contributed by atoms with van der Waals surface area (Å²) in [5.74, 6) is -1.41. The predicted octanol–water partition coefficient (Wildman–Crippen LogP) is 3.13. The van der Waals surface area contributed by atoms with Crippen LogP contribution in [0.5, 0.6) is 0 Å². The molecule has 5 nitrogen and oxygen atoms in total. The van der Waals surface area contributed by atoms with Gasteiger partial charge in [0, 0.05) is 16.8 Å². The summed E-state index contributed by atoms with van der Waals surface area (Å²) in [5.41, 5.74) is 0.743. The molecule has 1 aromatic heterocycles. The molecule has 1 heterocycles. The van der Waals surface area contributed by atoms with E-state index in [1.54, 1.807) is 11.3 Å². The van der Waals surface area contributed by atoms with E-state index in [0.29, 0.717) is 6.42 Å². The second-order valence-electron chi connectivity index (χ2n) is 7.33. The number of amides is 1. The molecule has 2 atom stereocenters. The van der Waals surface area contributed by atoms with Gasteiger partial charge in [-0.2, -0.15) is 0 Å². The molecule has 0 unspecified atom stereocenters. The van der Waals surface area contributed by atoms with Crippen LogP contribution in [-0.2, 0) is 21.4 Å². The van der Waals surface area contributed by atoms with Crippen molar-refractivity contribution in [1.29, 1.82) is 0 Å². The molecular weight excluding hydrogens is 312 g/mol. The van der Waals surface area contributed by atoms with E-state index in [1.807, 2.05) is 5.38 Å². The Kier molecular flexibility index (Phi) is 5.79. The smallest absolute Gasteiger partial charge is 0.308 e. The van der Waals surface area contributed by atoms with Gasteiger partial charge in [0.05, 0.1) is 23.0 Å². The molecule has 128 valence electrons. The SMILES string of the molecule is CC(C)(C)c1nc(CC(=O)N[C@H]2CCCCC[C@H]2C(=O)O)cs1. The maximum absolute atomic E-state index is 12.3. The number of carboxylic acid groups (broad SMARTS) is 1. The van der Waals surface area contributed by atoms with Gasteiger partial charge in [0.15, 0.2) is 0 Å². The van der Waals surface area contributed by atoms with E-state index in [0.717, 1.165) is 36.4 Å². The third kappa shape index (κ3) is 5.03. The third-order valence-electron chi connectivity index (χ3n) is 4.21. The highest BCUT2D eigenvalue weighted by atomic mass is 32.1. The van der Waals surface area contributed by atoms with Gasteiger partial charge in [0.1, 0.15) is 0 Å². The zero-order chi connectivity index (χ0) is 17.0. The Labute approximate surface area is 141 Å². The molecular formula is C17H26N2O3S. The summed E-state index contributed by atoms with van der Waals surface area (Å²) in [6, 6.07) is -0.261. The second kappa shape index (κ2) is 7.43. The molecule has 23 heavy (non-hydrogen) atoms. The number of aromatic nitrogens is 1. The number of hydrogen-bond acceptors (Lipinski definition) is 4. The number of nitrogens with zero attached hydrogens (tertiary/aromatic N) is 1. The first-order valence-corrected chi connectivity index (χ1v) is 9.12. The monoisotopic (exact) mass is 338 g/mol. The molecule has 1 aliphatic rings. The van der Waals surface area contributed by atoms with Crippen LogP contribution in [0.25, 0.3) is 0 Å². The average Bonchev–Trinajstić information content (AvgIpc) is 2.77. The summed E-state index contributed by atoms with van der Waals surface area (Å²) < 4.78 is 0. The summed E-state index contributed by atoms with van der Waals surface area (Å²) in [4.78, 5) is 28.2. The van der Waals surface area contributed by atoms with Gasteiger partial charge in [-0.3, -0.25) is 9.59 Å². The fourth-order valence-electron chi connectivity index (χ4n) is 2.93. The van der Waals surface area contributed by atoms with Crippen molar-refractivity contribution in [1.82, 2.24) is 10.3 Å². The molecule has 0 spiro atoms. The lowest BCUT2D eigenvalue weighted by atomic mass is 9.94. The molecule has 0 bridgehead atoms. The first-order chi connectivity index (χ1) is 10.8. The fraction of sp³-hybridized carbons (Fsp3) is 0.706. The van der Waals surface area contributed by atoms with Gasteiger partial charge < -0.3 is 10.4 Å². The highest BCUT2D eigenvalue weighted by Crippen LogP contribution is 2.26. The number of thiazole rings is 1. The number of hydrogen-bond donors (Lipinski definition) is 2. The molecule has 1 amide bonds. The number of nitrogens with one attached hydrogen (secondary N) is 1. The van der Waals surface area contributed by atoms with Crippen LogP contribution in [-0.4, -0.2) is 28.0 Å². The van der Waals surface area contributed by atoms with Crippen LogP contribution in [0.3, 0.4) is 0 Å². The van der Waals surface area contributed by atoms with Crippen molar-refractivity contribution in [3.63, 3.8) is 0 Å². The first kappa shape index (κ1) is 17.9. The van der Waals surface area contributed by atoms with Gasteiger partial charge in [-0.15, -0.1) is 11.3 Å². The van der Waals surface area contributed by atoms with Gasteiger partial charge in [-0.1, -0.05) is 40.0 Å². The van der Waals surface area contributed by atoms with E-state index in [-0.39, 0.29) is 23.8 Å². The highest BCUT2D eigenvalue weighted by molar-refractivity contribution is 7.09. The van der Waals surface area contributed by atoms with Crippen LogP contribution in [0.4, 0.5) is 0 Å². The summed E-state index contributed by atoms with van der Waals surface area (Å²) in [5, 5.41) is 15.2. The minimum Gasteiger partial charge on any atom is -0.481 e. The van der Waals surface area contributed by atoms with Gasteiger partial charge in [-0.05, 0) is 12.8 Å². The highest BCUT2D eigenvalue weighted by Gasteiger charge is 2.30. The van der Waals surface area contributed by atoms with E-state index in [2.05, 4.69) is 31.1 Å². The molecule has 1 aromatic rings. The predicted molar refractivity (Wildman–Crippen MR) is 90.7 cm³/mol. The molecule has 0 radical (unpaired) electrons. The Hall–Kier alpha value is -1.43. The van der Waals surface area contributed by atoms with E-state index < -0.39 is 11.9 Å². The van der Waals surface area contributed by atoms with Crippen molar-refractivity contribution in [2.45, 2.75) is 70.8 Å². The molecule has 0 aromatic carbocycles. The van der Waals surface area contributed by atoms with Crippen molar-refractivity contribution in [2.75, 3.05) is 0 Å². The van der Waals surface area contributed by atoms with Crippen molar-refractivity contribution in [3.05, 3.63) is 16.1 Å². The van der Waals surface area contributed by atoms with Crippen molar-refractivity contribution < 1.29 is 14.7 Å². The van der Waals surface area contributed by atoms with Gasteiger partial charge in [0.25, 0.3) is 0 Å². The lowest BCUT2D eigenvalue weighted by molar-refractivity contribution is -0.143. The molecule has 1 saturated carbocycles. The van der Waals surface area contributed by atoms with Crippen molar-refractivity contribution in [3.8, 4) is 0 Å². The number of carbonyl (C=O) groups is 2. The molecule has 0 saturated heterocycles. The second-order valence-corrected chi connectivity index (χ2v) is 8.19. The number of carboxylic acids is 1. The molecule has 2 N–H and O–H groups in total. The fourth-order valence-corrected chi connectivity index (χ4v) is 3.84. The summed E-state index contributed by atoms with van der Waals surface area (Å²) in [6.07, 6.45) is 4.54. The van der Waals surface area contributed by atoms with E-state index in [4.69, 9.17) is 0 Å². The quantitative estimate of drug-likeness (QED) is 0.827. The van der Waals surface area contributed by atoms with Crippen molar-refractivity contribution >= 4 is 23.2 Å². The summed E-state index contributed by atoms with van der Waals surface area (Å²) >= 11 is 1.57. The Morgan fingerprint density at radius 1 is 1.30 bits per heavy atom.